The monoisotopic (exact) mass is 413 g/mol. The number of thiophene rings is 1. The Labute approximate surface area is 162 Å². The lowest BCUT2D eigenvalue weighted by atomic mass is 10.3. The van der Waals surface area contributed by atoms with Gasteiger partial charge in [0.2, 0.25) is 0 Å². The number of fused-ring (bicyclic) bond motifs is 1. The zero-order chi connectivity index (χ0) is 20.3. The van der Waals surface area contributed by atoms with Crippen LogP contribution in [-0.4, -0.2) is 38.2 Å². The summed E-state index contributed by atoms with van der Waals surface area (Å²) in [6.07, 6.45) is -1.45. The minimum Gasteiger partial charge on any atom is -0.475 e. The van der Waals surface area contributed by atoms with Crippen molar-refractivity contribution in [2.24, 2.45) is 0 Å². The molecule has 3 aromatic heterocycles. The van der Waals surface area contributed by atoms with Crippen LogP contribution in [0, 0.1) is 6.92 Å². The van der Waals surface area contributed by atoms with Crippen molar-refractivity contribution in [3.05, 3.63) is 52.3 Å². The van der Waals surface area contributed by atoms with Gasteiger partial charge in [0.25, 0.3) is 0 Å². The molecule has 150 valence electrons. The summed E-state index contributed by atoms with van der Waals surface area (Å²) in [6.45, 7) is 6.09. The van der Waals surface area contributed by atoms with Gasteiger partial charge in [-0.2, -0.15) is 13.2 Å². The lowest BCUT2D eigenvalue weighted by Crippen LogP contribution is -2.33. The lowest BCUT2D eigenvalue weighted by molar-refractivity contribution is -0.192. The van der Waals surface area contributed by atoms with Crippen LogP contribution in [0.25, 0.3) is 11.5 Å². The van der Waals surface area contributed by atoms with Crippen LogP contribution in [-0.2, 0) is 24.4 Å². The molecule has 1 aliphatic heterocycles. The Bertz CT molecular complexity index is 932. The first-order chi connectivity index (χ1) is 13.2. The molecule has 0 atom stereocenters. The number of aromatic nitrogens is 2. The zero-order valence-electron chi connectivity index (χ0n) is 14.9. The van der Waals surface area contributed by atoms with E-state index in [1.54, 1.807) is 6.26 Å². The van der Waals surface area contributed by atoms with E-state index in [2.05, 4.69) is 33.5 Å². The summed E-state index contributed by atoms with van der Waals surface area (Å²) in [5.41, 5.74) is 1.08. The third-order valence-electron chi connectivity index (χ3n) is 4.13. The maximum atomic E-state index is 10.6. The molecular formula is C18H18F3N3O3S. The molecule has 10 heteroatoms. The Morgan fingerprint density at radius 1 is 1.32 bits per heavy atom. The van der Waals surface area contributed by atoms with Crippen LogP contribution in [0.4, 0.5) is 13.2 Å². The predicted octanol–water partition coefficient (Wildman–Crippen LogP) is 4.16. The number of hydrogen-bond donors (Lipinski definition) is 1. The Balaban J connectivity index is 0.000000279. The van der Waals surface area contributed by atoms with Crippen LogP contribution in [0.15, 0.2) is 41.1 Å². The number of aliphatic carboxylic acids is 1. The highest BCUT2D eigenvalue weighted by atomic mass is 32.1. The number of aryl methyl sites for hydroxylation is 1. The summed E-state index contributed by atoms with van der Waals surface area (Å²) in [4.78, 5) is 18.7. The van der Waals surface area contributed by atoms with Crippen LogP contribution >= 0.6 is 11.3 Å². The number of carboxylic acid groups (broad SMARTS) is 1. The van der Waals surface area contributed by atoms with Crippen LogP contribution < -0.4 is 0 Å². The summed E-state index contributed by atoms with van der Waals surface area (Å²) in [5.74, 6) is -0.732. The van der Waals surface area contributed by atoms with E-state index in [0.717, 1.165) is 43.5 Å². The fourth-order valence-electron chi connectivity index (χ4n) is 2.86. The Morgan fingerprint density at radius 2 is 2.07 bits per heavy atom. The minimum atomic E-state index is -5.08. The molecule has 6 nitrogen and oxygen atoms in total. The number of alkyl halides is 3. The van der Waals surface area contributed by atoms with E-state index < -0.39 is 12.1 Å². The number of imidazole rings is 1. The SMILES string of the molecule is Cc1ccc(CN2CCn3c(-c4ccco4)cnc3C2)s1.O=C(O)C(F)(F)F. The molecule has 0 saturated heterocycles. The molecular weight excluding hydrogens is 395 g/mol. The van der Waals surface area contributed by atoms with Crippen molar-refractivity contribution in [1.82, 2.24) is 14.5 Å². The number of furan rings is 1. The molecule has 0 fully saturated rings. The molecule has 0 unspecified atom stereocenters. The number of carboxylic acids is 1. The molecule has 1 N–H and O–H groups in total. The maximum Gasteiger partial charge on any atom is 0.490 e. The normalized spacial score (nSPS) is 14.3. The van der Waals surface area contributed by atoms with Gasteiger partial charge in [-0.1, -0.05) is 0 Å². The zero-order valence-corrected chi connectivity index (χ0v) is 15.8. The molecule has 0 amide bonds. The number of halogens is 3. The second-order valence-electron chi connectivity index (χ2n) is 6.21. The maximum absolute atomic E-state index is 10.6. The first-order valence-corrected chi connectivity index (χ1v) is 9.21. The second kappa shape index (κ2) is 8.19. The van der Waals surface area contributed by atoms with Gasteiger partial charge >= 0.3 is 12.1 Å². The van der Waals surface area contributed by atoms with Gasteiger partial charge in [0.15, 0.2) is 5.76 Å². The van der Waals surface area contributed by atoms with E-state index in [1.165, 1.54) is 9.75 Å². The summed E-state index contributed by atoms with van der Waals surface area (Å²) >= 11 is 1.88. The van der Waals surface area contributed by atoms with Crippen molar-refractivity contribution >= 4 is 17.3 Å². The predicted molar refractivity (Wildman–Crippen MR) is 96.8 cm³/mol. The molecule has 4 heterocycles. The van der Waals surface area contributed by atoms with Crippen LogP contribution in [0.5, 0.6) is 0 Å². The Kier molecular flexibility index (Phi) is 5.90. The van der Waals surface area contributed by atoms with E-state index in [-0.39, 0.29) is 0 Å². The highest BCUT2D eigenvalue weighted by Crippen LogP contribution is 2.26. The topological polar surface area (TPSA) is 71.5 Å². The summed E-state index contributed by atoms with van der Waals surface area (Å²) in [5, 5.41) is 7.12. The van der Waals surface area contributed by atoms with Crippen molar-refractivity contribution in [3.63, 3.8) is 0 Å². The van der Waals surface area contributed by atoms with Gasteiger partial charge in [0.05, 0.1) is 19.0 Å². The quantitative estimate of drug-likeness (QED) is 0.698. The lowest BCUT2D eigenvalue weighted by Gasteiger charge is -2.27. The molecule has 0 aliphatic carbocycles. The highest BCUT2D eigenvalue weighted by molar-refractivity contribution is 7.11. The summed E-state index contributed by atoms with van der Waals surface area (Å²) < 4.78 is 39.5. The van der Waals surface area contributed by atoms with Gasteiger partial charge < -0.3 is 14.1 Å². The minimum absolute atomic E-state index is 0.899. The number of nitrogens with zero attached hydrogens (tertiary/aromatic N) is 3. The largest absolute Gasteiger partial charge is 0.490 e. The second-order valence-corrected chi connectivity index (χ2v) is 7.59. The first kappa shape index (κ1) is 20.2. The highest BCUT2D eigenvalue weighted by Gasteiger charge is 2.38. The summed E-state index contributed by atoms with van der Waals surface area (Å²) in [6, 6.07) is 8.34. The number of carbonyl (C=O) groups is 1. The molecule has 0 saturated carbocycles. The van der Waals surface area contributed by atoms with Gasteiger partial charge in [-0.3, -0.25) is 4.90 Å². The molecule has 0 spiro atoms. The molecule has 3 aromatic rings. The smallest absolute Gasteiger partial charge is 0.475 e. The van der Waals surface area contributed by atoms with E-state index in [4.69, 9.17) is 14.3 Å². The molecule has 1 aliphatic rings. The molecule has 0 aromatic carbocycles. The number of rotatable bonds is 3. The van der Waals surface area contributed by atoms with Gasteiger partial charge in [0, 0.05) is 29.4 Å². The van der Waals surface area contributed by atoms with Gasteiger partial charge in [0.1, 0.15) is 11.5 Å². The Hall–Kier alpha value is -2.59. The summed E-state index contributed by atoms with van der Waals surface area (Å²) in [7, 11) is 0. The van der Waals surface area contributed by atoms with Gasteiger partial charge in [-0.15, -0.1) is 11.3 Å². The number of hydrogen-bond acceptors (Lipinski definition) is 5. The van der Waals surface area contributed by atoms with Crippen LogP contribution in [0.1, 0.15) is 15.6 Å². The van der Waals surface area contributed by atoms with E-state index >= 15 is 0 Å². The molecule has 0 radical (unpaired) electrons. The van der Waals surface area contributed by atoms with Crippen molar-refractivity contribution in [2.75, 3.05) is 6.54 Å². The van der Waals surface area contributed by atoms with Crippen molar-refractivity contribution in [2.45, 2.75) is 32.7 Å². The van der Waals surface area contributed by atoms with Gasteiger partial charge in [-0.25, -0.2) is 9.78 Å². The van der Waals surface area contributed by atoms with Crippen molar-refractivity contribution in [1.29, 1.82) is 0 Å². The standard InChI is InChI=1S/C16H17N3OS.C2HF3O2/c1-12-4-5-13(21-12)10-18-6-7-19-14(9-17-16(19)11-18)15-3-2-8-20-15;3-2(4,5)1(6)7/h2-5,8-9H,6-7,10-11H2,1H3;(H,6,7). The fraction of sp³-hybridized carbons (Fsp3) is 0.333. The van der Waals surface area contributed by atoms with Crippen molar-refractivity contribution in [3.8, 4) is 11.5 Å². The van der Waals surface area contributed by atoms with Crippen molar-refractivity contribution < 1.29 is 27.5 Å². The average molecular weight is 413 g/mol. The van der Waals surface area contributed by atoms with Crippen LogP contribution in [0.3, 0.4) is 0 Å². The van der Waals surface area contributed by atoms with Gasteiger partial charge in [-0.05, 0) is 31.2 Å². The third kappa shape index (κ3) is 4.82. The van der Waals surface area contributed by atoms with Crippen LogP contribution in [0.2, 0.25) is 0 Å². The third-order valence-corrected chi connectivity index (χ3v) is 5.12. The Morgan fingerprint density at radius 3 is 2.64 bits per heavy atom. The average Bonchev–Trinajstić information content (AvgIpc) is 3.35. The molecule has 0 bridgehead atoms. The van der Waals surface area contributed by atoms with E-state index in [1.807, 2.05) is 29.7 Å². The first-order valence-electron chi connectivity index (χ1n) is 8.40. The molecule has 28 heavy (non-hydrogen) atoms. The van der Waals surface area contributed by atoms with E-state index in [0.29, 0.717) is 0 Å². The van der Waals surface area contributed by atoms with E-state index in [9.17, 15) is 13.2 Å². The fourth-order valence-corrected chi connectivity index (χ4v) is 3.79. The molecule has 4 rings (SSSR count).